The number of aliphatic hydroxyl groups is 1. The van der Waals surface area contributed by atoms with Crippen LogP contribution in [0.25, 0.3) is 0 Å². The minimum absolute atomic E-state index is 0.313. The smallest absolute Gasteiger partial charge is 0.320 e. The van der Waals surface area contributed by atoms with Crippen LogP contribution >= 0.6 is 15.9 Å². The number of esters is 1. The number of carbonyl (C=O) groups excluding carboxylic acids is 1. The zero-order valence-corrected chi connectivity index (χ0v) is 11.0. The van der Waals surface area contributed by atoms with E-state index in [0.717, 1.165) is 0 Å². The molecule has 5 nitrogen and oxygen atoms in total. The number of carbonyl (C=O) groups is 1. The van der Waals surface area contributed by atoms with Crippen LogP contribution in [0.1, 0.15) is 12.8 Å². The molecule has 2 N–H and O–H groups in total. The lowest BCUT2D eigenvalue weighted by atomic mass is 9.94. The van der Waals surface area contributed by atoms with Crippen molar-refractivity contribution in [2.75, 3.05) is 33.4 Å². The molecule has 16 heavy (non-hydrogen) atoms. The number of rotatable bonds is 5. The number of ether oxygens (including phenoxy) is 2. The Labute approximate surface area is 104 Å². The minimum Gasteiger partial charge on any atom is -0.468 e. The number of halogens is 1. The Morgan fingerprint density at radius 2 is 2.25 bits per heavy atom. The Morgan fingerprint density at radius 1 is 1.62 bits per heavy atom. The van der Waals surface area contributed by atoms with Crippen LogP contribution in [0.15, 0.2) is 0 Å². The van der Waals surface area contributed by atoms with E-state index in [2.05, 4.69) is 26.0 Å². The standard InChI is InChI=1S/C10H18BrNO4/c1-15-9(13)8(11)6-12-7-10(14)2-4-16-5-3-10/h8,12,14H,2-7H2,1H3. The van der Waals surface area contributed by atoms with Gasteiger partial charge in [-0.2, -0.15) is 0 Å². The molecule has 1 aliphatic rings. The Bertz CT molecular complexity index is 231. The molecule has 0 aromatic carbocycles. The van der Waals surface area contributed by atoms with Crippen LogP contribution in [0.4, 0.5) is 0 Å². The molecule has 1 heterocycles. The quantitative estimate of drug-likeness (QED) is 0.554. The van der Waals surface area contributed by atoms with Gasteiger partial charge >= 0.3 is 5.97 Å². The highest BCUT2D eigenvalue weighted by atomic mass is 79.9. The second kappa shape index (κ2) is 6.54. The third-order valence-electron chi connectivity index (χ3n) is 2.66. The summed E-state index contributed by atoms with van der Waals surface area (Å²) in [6.07, 6.45) is 1.26. The number of hydrogen-bond acceptors (Lipinski definition) is 5. The highest BCUT2D eigenvalue weighted by Gasteiger charge is 2.29. The van der Waals surface area contributed by atoms with Crippen LogP contribution < -0.4 is 5.32 Å². The largest absolute Gasteiger partial charge is 0.468 e. The molecule has 0 aromatic heterocycles. The monoisotopic (exact) mass is 295 g/mol. The van der Waals surface area contributed by atoms with Gasteiger partial charge in [0.15, 0.2) is 0 Å². The summed E-state index contributed by atoms with van der Waals surface area (Å²) in [6.45, 7) is 2.09. The highest BCUT2D eigenvalue weighted by Crippen LogP contribution is 2.19. The van der Waals surface area contributed by atoms with Crippen LogP contribution in [-0.2, 0) is 14.3 Å². The van der Waals surface area contributed by atoms with Gasteiger partial charge in [0, 0.05) is 39.1 Å². The summed E-state index contributed by atoms with van der Waals surface area (Å²) in [4.78, 5) is 10.7. The van der Waals surface area contributed by atoms with E-state index in [1.54, 1.807) is 0 Å². The van der Waals surface area contributed by atoms with E-state index >= 15 is 0 Å². The molecule has 1 saturated heterocycles. The molecule has 6 heteroatoms. The summed E-state index contributed by atoms with van der Waals surface area (Å²) >= 11 is 3.20. The molecule has 94 valence electrons. The summed E-state index contributed by atoms with van der Waals surface area (Å²) in [5.74, 6) is -0.313. The van der Waals surface area contributed by atoms with Crippen molar-refractivity contribution >= 4 is 21.9 Å². The first-order valence-corrected chi connectivity index (χ1v) is 6.22. The maximum absolute atomic E-state index is 11.1. The lowest BCUT2D eigenvalue weighted by Gasteiger charge is -2.32. The van der Waals surface area contributed by atoms with Gasteiger partial charge in [0.05, 0.1) is 12.7 Å². The van der Waals surface area contributed by atoms with Crippen molar-refractivity contribution in [1.82, 2.24) is 5.32 Å². The molecule has 0 saturated carbocycles. The summed E-state index contributed by atoms with van der Waals surface area (Å²) in [5, 5.41) is 13.2. The predicted molar refractivity (Wildman–Crippen MR) is 62.6 cm³/mol. The van der Waals surface area contributed by atoms with Crippen molar-refractivity contribution in [3.05, 3.63) is 0 Å². The van der Waals surface area contributed by atoms with Gasteiger partial charge < -0.3 is 19.9 Å². The molecular formula is C10H18BrNO4. The number of nitrogens with one attached hydrogen (secondary N) is 1. The summed E-state index contributed by atoms with van der Waals surface area (Å²) in [7, 11) is 1.35. The van der Waals surface area contributed by atoms with Crippen molar-refractivity contribution in [2.45, 2.75) is 23.3 Å². The summed E-state index contributed by atoms with van der Waals surface area (Å²) in [6, 6.07) is 0. The minimum atomic E-state index is -0.707. The SMILES string of the molecule is COC(=O)C(Br)CNCC1(O)CCOCC1. The second-order valence-corrected chi connectivity index (χ2v) is 5.06. The molecule has 0 aliphatic carbocycles. The molecule has 1 rings (SSSR count). The molecule has 0 radical (unpaired) electrons. The molecule has 1 atom stereocenters. The summed E-state index contributed by atoms with van der Waals surface area (Å²) in [5.41, 5.74) is -0.707. The first-order chi connectivity index (χ1) is 7.57. The van der Waals surface area contributed by atoms with Crippen molar-refractivity contribution in [1.29, 1.82) is 0 Å². The van der Waals surface area contributed by atoms with Crippen molar-refractivity contribution in [3.63, 3.8) is 0 Å². The van der Waals surface area contributed by atoms with Gasteiger partial charge in [-0.3, -0.25) is 4.79 Å². The third-order valence-corrected chi connectivity index (χ3v) is 3.36. The van der Waals surface area contributed by atoms with E-state index in [-0.39, 0.29) is 10.8 Å². The van der Waals surface area contributed by atoms with Gasteiger partial charge in [-0.25, -0.2) is 0 Å². The molecule has 0 amide bonds. The second-order valence-electron chi connectivity index (χ2n) is 3.96. The lowest BCUT2D eigenvalue weighted by Crippen LogP contribution is -2.46. The van der Waals surface area contributed by atoms with Crippen LogP contribution in [-0.4, -0.2) is 54.9 Å². The van der Waals surface area contributed by atoms with E-state index < -0.39 is 5.60 Å². The van der Waals surface area contributed by atoms with Gasteiger partial charge in [-0.05, 0) is 0 Å². The van der Waals surface area contributed by atoms with Gasteiger partial charge in [-0.15, -0.1) is 0 Å². The molecular weight excluding hydrogens is 278 g/mol. The van der Waals surface area contributed by atoms with Crippen molar-refractivity contribution in [3.8, 4) is 0 Å². The van der Waals surface area contributed by atoms with Crippen molar-refractivity contribution in [2.24, 2.45) is 0 Å². The zero-order chi connectivity index (χ0) is 12.0. The first-order valence-electron chi connectivity index (χ1n) is 5.30. The van der Waals surface area contributed by atoms with E-state index in [4.69, 9.17) is 4.74 Å². The fourth-order valence-corrected chi connectivity index (χ4v) is 1.99. The zero-order valence-electron chi connectivity index (χ0n) is 9.37. The van der Waals surface area contributed by atoms with E-state index in [0.29, 0.717) is 39.1 Å². The fourth-order valence-electron chi connectivity index (χ4n) is 1.57. The molecule has 0 aromatic rings. The average Bonchev–Trinajstić information content (AvgIpc) is 2.28. The van der Waals surface area contributed by atoms with Crippen LogP contribution in [0.3, 0.4) is 0 Å². The van der Waals surface area contributed by atoms with Gasteiger partial charge in [-0.1, -0.05) is 15.9 Å². The van der Waals surface area contributed by atoms with Gasteiger partial charge in [0.1, 0.15) is 4.83 Å². The third kappa shape index (κ3) is 4.37. The average molecular weight is 296 g/mol. The number of alkyl halides is 1. The van der Waals surface area contributed by atoms with E-state index in [9.17, 15) is 9.90 Å². The number of hydrogen-bond donors (Lipinski definition) is 2. The molecule has 0 bridgehead atoms. The lowest BCUT2D eigenvalue weighted by molar-refractivity contribution is -0.139. The first kappa shape index (κ1) is 13.9. The highest BCUT2D eigenvalue weighted by molar-refractivity contribution is 9.10. The summed E-state index contributed by atoms with van der Waals surface area (Å²) < 4.78 is 9.75. The predicted octanol–water partition coefficient (Wildman–Crippen LogP) is 0.0540. The molecule has 0 spiro atoms. The van der Waals surface area contributed by atoms with E-state index in [1.165, 1.54) is 7.11 Å². The van der Waals surface area contributed by atoms with Crippen LogP contribution in [0.5, 0.6) is 0 Å². The fraction of sp³-hybridized carbons (Fsp3) is 0.900. The van der Waals surface area contributed by atoms with Crippen molar-refractivity contribution < 1.29 is 19.4 Å². The van der Waals surface area contributed by atoms with Crippen LogP contribution in [0, 0.1) is 0 Å². The normalized spacial score (nSPS) is 21.4. The Hall–Kier alpha value is -0.170. The van der Waals surface area contributed by atoms with Gasteiger partial charge in [0.25, 0.3) is 0 Å². The Balaban J connectivity index is 2.21. The maximum atomic E-state index is 11.1. The molecule has 1 unspecified atom stereocenters. The Morgan fingerprint density at radius 3 is 2.81 bits per heavy atom. The maximum Gasteiger partial charge on any atom is 0.320 e. The molecule has 1 aliphatic heterocycles. The molecule has 1 fully saturated rings. The van der Waals surface area contributed by atoms with Gasteiger partial charge in [0.2, 0.25) is 0 Å². The topological polar surface area (TPSA) is 67.8 Å². The Kier molecular flexibility index (Phi) is 5.68. The van der Waals surface area contributed by atoms with Crippen LogP contribution in [0.2, 0.25) is 0 Å². The van der Waals surface area contributed by atoms with E-state index in [1.807, 2.05) is 0 Å². The number of methoxy groups -OCH3 is 1.